The maximum absolute atomic E-state index is 12.3. The second kappa shape index (κ2) is 7.53. The first-order valence-electron chi connectivity index (χ1n) is 8.17. The van der Waals surface area contributed by atoms with Crippen molar-refractivity contribution >= 4 is 17.2 Å². The second-order valence-corrected chi connectivity index (χ2v) is 6.84. The van der Waals surface area contributed by atoms with Gasteiger partial charge in [-0.2, -0.15) is 5.10 Å². The van der Waals surface area contributed by atoms with Crippen LogP contribution in [0.25, 0.3) is 5.69 Å². The monoisotopic (exact) mass is 355 g/mol. The molecule has 1 amide bonds. The highest BCUT2D eigenvalue weighted by Crippen LogP contribution is 2.22. The van der Waals surface area contributed by atoms with Gasteiger partial charge in [-0.15, -0.1) is 11.3 Å². The Hall–Kier alpha value is -2.60. The molecule has 0 aliphatic heterocycles. The van der Waals surface area contributed by atoms with E-state index < -0.39 is 0 Å². The standard InChI is InChI=1S/C19H21N3O2S/c1-4-17-13(2)11-18(25-17)19(23)20-12-14-9-10-22(21-14)15-5-7-16(24-3)8-6-15/h5-11H,4,12H2,1-3H3,(H,20,23). The van der Waals surface area contributed by atoms with E-state index in [4.69, 9.17) is 4.74 Å². The maximum atomic E-state index is 12.3. The number of benzene rings is 1. The molecule has 0 saturated heterocycles. The fourth-order valence-electron chi connectivity index (χ4n) is 2.58. The lowest BCUT2D eigenvalue weighted by atomic mass is 10.2. The van der Waals surface area contributed by atoms with E-state index in [0.29, 0.717) is 6.54 Å². The van der Waals surface area contributed by atoms with Crippen LogP contribution in [0.2, 0.25) is 0 Å². The van der Waals surface area contributed by atoms with E-state index in [1.165, 1.54) is 10.4 Å². The molecule has 6 heteroatoms. The molecule has 0 atom stereocenters. The SMILES string of the molecule is CCc1sc(C(=O)NCc2ccn(-c3ccc(OC)cc3)n2)cc1C. The van der Waals surface area contributed by atoms with Gasteiger partial charge in [-0.25, -0.2) is 4.68 Å². The van der Waals surface area contributed by atoms with Crippen LogP contribution in [0.5, 0.6) is 5.75 Å². The molecule has 0 aliphatic carbocycles. The minimum absolute atomic E-state index is 0.0493. The fourth-order valence-corrected chi connectivity index (χ4v) is 3.61. The van der Waals surface area contributed by atoms with Gasteiger partial charge >= 0.3 is 0 Å². The van der Waals surface area contributed by atoms with Crippen LogP contribution in [0.15, 0.2) is 42.6 Å². The molecule has 3 rings (SSSR count). The predicted molar refractivity (Wildman–Crippen MR) is 99.7 cm³/mol. The topological polar surface area (TPSA) is 56.2 Å². The Morgan fingerprint density at radius 3 is 2.68 bits per heavy atom. The number of rotatable bonds is 6. The Labute approximate surface area is 151 Å². The number of carbonyl (C=O) groups excluding carboxylic acids is 1. The van der Waals surface area contributed by atoms with Gasteiger partial charge in [0.05, 0.1) is 29.9 Å². The third-order valence-electron chi connectivity index (χ3n) is 3.98. The maximum Gasteiger partial charge on any atom is 0.261 e. The summed E-state index contributed by atoms with van der Waals surface area (Å²) in [6.45, 7) is 4.55. The molecule has 130 valence electrons. The van der Waals surface area contributed by atoms with E-state index >= 15 is 0 Å². The van der Waals surface area contributed by atoms with Gasteiger partial charge < -0.3 is 10.1 Å². The summed E-state index contributed by atoms with van der Waals surface area (Å²) in [7, 11) is 1.64. The molecule has 0 radical (unpaired) electrons. The molecule has 0 fully saturated rings. The van der Waals surface area contributed by atoms with Crippen molar-refractivity contribution in [3.63, 3.8) is 0 Å². The van der Waals surface area contributed by atoms with Gasteiger partial charge in [0, 0.05) is 11.1 Å². The molecule has 2 heterocycles. The average Bonchev–Trinajstić information content (AvgIpc) is 3.26. The molecule has 2 aromatic heterocycles. The van der Waals surface area contributed by atoms with Gasteiger partial charge in [-0.3, -0.25) is 4.79 Å². The number of nitrogens with one attached hydrogen (secondary N) is 1. The summed E-state index contributed by atoms with van der Waals surface area (Å²) >= 11 is 1.56. The lowest BCUT2D eigenvalue weighted by Crippen LogP contribution is -2.22. The molecule has 25 heavy (non-hydrogen) atoms. The molecule has 1 N–H and O–H groups in total. The summed E-state index contributed by atoms with van der Waals surface area (Å²) in [5.41, 5.74) is 2.94. The number of hydrogen-bond acceptors (Lipinski definition) is 4. The first kappa shape index (κ1) is 17.2. The molecule has 3 aromatic rings. The molecule has 0 unspecified atom stereocenters. The minimum Gasteiger partial charge on any atom is -0.497 e. The van der Waals surface area contributed by atoms with Crippen LogP contribution in [0, 0.1) is 6.92 Å². The lowest BCUT2D eigenvalue weighted by Gasteiger charge is -2.04. The van der Waals surface area contributed by atoms with Crippen LogP contribution in [0.1, 0.15) is 32.7 Å². The first-order valence-corrected chi connectivity index (χ1v) is 8.99. The van der Waals surface area contributed by atoms with Crippen LogP contribution in [0.3, 0.4) is 0 Å². The number of carbonyl (C=O) groups is 1. The number of amides is 1. The Kier molecular flexibility index (Phi) is 5.19. The van der Waals surface area contributed by atoms with Crippen molar-refractivity contribution in [2.24, 2.45) is 0 Å². The molecule has 0 saturated carbocycles. The zero-order valence-electron chi connectivity index (χ0n) is 14.6. The smallest absolute Gasteiger partial charge is 0.261 e. The van der Waals surface area contributed by atoms with E-state index in [9.17, 15) is 4.79 Å². The van der Waals surface area contributed by atoms with Crippen LogP contribution in [-0.2, 0) is 13.0 Å². The Balaban J connectivity index is 1.63. The van der Waals surface area contributed by atoms with Crippen molar-refractivity contribution in [3.8, 4) is 11.4 Å². The fraction of sp³-hybridized carbons (Fsp3) is 0.263. The predicted octanol–water partition coefficient (Wildman–Crippen LogP) is 3.74. The Morgan fingerprint density at radius 1 is 1.28 bits per heavy atom. The van der Waals surface area contributed by atoms with Crippen molar-refractivity contribution in [1.29, 1.82) is 0 Å². The molecular formula is C19H21N3O2S. The molecule has 0 aliphatic rings. The van der Waals surface area contributed by atoms with Gasteiger partial charge in [-0.1, -0.05) is 6.92 Å². The summed E-state index contributed by atoms with van der Waals surface area (Å²) < 4.78 is 6.94. The van der Waals surface area contributed by atoms with Crippen molar-refractivity contribution < 1.29 is 9.53 Å². The molecule has 0 spiro atoms. The summed E-state index contributed by atoms with van der Waals surface area (Å²) in [5, 5.41) is 7.44. The number of nitrogens with zero attached hydrogens (tertiary/aromatic N) is 2. The Morgan fingerprint density at radius 2 is 2.04 bits per heavy atom. The van der Waals surface area contributed by atoms with Crippen molar-refractivity contribution in [2.45, 2.75) is 26.8 Å². The van der Waals surface area contributed by atoms with E-state index in [2.05, 4.69) is 17.3 Å². The quantitative estimate of drug-likeness (QED) is 0.733. The number of ether oxygens (including phenoxy) is 1. The van der Waals surface area contributed by atoms with Crippen LogP contribution in [0.4, 0.5) is 0 Å². The molecular weight excluding hydrogens is 334 g/mol. The van der Waals surface area contributed by atoms with Gasteiger partial charge in [-0.05, 0) is 55.3 Å². The normalized spacial score (nSPS) is 10.7. The molecule has 0 bridgehead atoms. The summed E-state index contributed by atoms with van der Waals surface area (Å²) in [6.07, 6.45) is 2.84. The molecule has 1 aromatic carbocycles. The zero-order valence-corrected chi connectivity index (χ0v) is 15.4. The largest absolute Gasteiger partial charge is 0.497 e. The second-order valence-electron chi connectivity index (χ2n) is 5.70. The summed E-state index contributed by atoms with van der Waals surface area (Å²) in [4.78, 5) is 14.3. The van der Waals surface area contributed by atoms with Gasteiger partial charge in [0.25, 0.3) is 5.91 Å². The number of methoxy groups -OCH3 is 1. The van der Waals surface area contributed by atoms with E-state index in [1.54, 1.807) is 23.1 Å². The summed E-state index contributed by atoms with van der Waals surface area (Å²) in [5.74, 6) is 0.757. The summed E-state index contributed by atoms with van der Waals surface area (Å²) in [6, 6.07) is 11.5. The van der Waals surface area contributed by atoms with E-state index in [1.807, 2.05) is 49.5 Å². The van der Waals surface area contributed by atoms with Gasteiger partial charge in [0.2, 0.25) is 0 Å². The highest BCUT2D eigenvalue weighted by molar-refractivity contribution is 7.14. The van der Waals surface area contributed by atoms with Gasteiger partial charge in [0.15, 0.2) is 0 Å². The number of aryl methyl sites for hydroxylation is 2. The van der Waals surface area contributed by atoms with Crippen LogP contribution in [-0.4, -0.2) is 22.8 Å². The lowest BCUT2D eigenvalue weighted by molar-refractivity contribution is 0.0954. The van der Waals surface area contributed by atoms with Crippen LogP contribution >= 0.6 is 11.3 Å². The highest BCUT2D eigenvalue weighted by Gasteiger charge is 2.12. The van der Waals surface area contributed by atoms with Crippen LogP contribution < -0.4 is 10.1 Å². The number of hydrogen-bond donors (Lipinski definition) is 1. The van der Waals surface area contributed by atoms with Crippen molar-refractivity contribution in [2.75, 3.05) is 7.11 Å². The highest BCUT2D eigenvalue weighted by atomic mass is 32.1. The number of aromatic nitrogens is 2. The third-order valence-corrected chi connectivity index (χ3v) is 5.36. The van der Waals surface area contributed by atoms with Crippen molar-refractivity contribution in [3.05, 3.63) is 63.6 Å². The number of thiophene rings is 1. The van der Waals surface area contributed by atoms with E-state index in [0.717, 1.165) is 28.4 Å². The zero-order chi connectivity index (χ0) is 17.8. The Bertz CT molecular complexity index is 865. The van der Waals surface area contributed by atoms with Gasteiger partial charge in [0.1, 0.15) is 5.75 Å². The van der Waals surface area contributed by atoms with E-state index in [-0.39, 0.29) is 5.91 Å². The van der Waals surface area contributed by atoms with Crippen molar-refractivity contribution in [1.82, 2.24) is 15.1 Å². The third kappa shape index (κ3) is 3.91. The average molecular weight is 355 g/mol. The first-order chi connectivity index (χ1) is 12.1. The minimum atomic E-state index is -0.0493. The molecule has 5 nitrogen and oxygen atoms in total.